The number of hydrogen-bond acceptors (Lipinski definition) is 1. The largest absolute Gasteiger partial charge is 0.338 e. The fourth-order valence-corrected chi connectivity index (χ4v) is 1.95. The maximum atomic E-state index is 12.7. The molecule has 0 heterocycles. The van der Waals surface area contributed by atoms with Crippen molar-refractivity contribution < 1.29 is 9.18 Å². The van der Waals surface area contributed by atoms with Crippen molar-refractivity contribution in [2.45, 2.75) is 6.42 Å². The van der Waals surface area contributed by atoms with E-state index in [1.807, 2.05) is 24.3 Å². The second-order valence-corrected chi connectivity index (χ2v) is 4.64. The lowest BCUT2D eigenvalue weighted by atomic mass is 10.1. The molecule has 5 heteroatoms. The SMILES string of the molecule is O=C(NCCc1ccccc1Cl)Nc1ccc(F)cc1. The molecule has 0 fully saturated rings. The van der Waals surface area contributed by atoms with E-state index in [0.29, 0.717) is 23.7 Å². The first kappa shape index (κ1) is 14.3. The Kier molecular flexibility index (Phi) is 4.96. The molecule has 0 aliphatic rings. The standard InChI is InChI=1S/C15H14ClFN2O/c16-14-4-2-1-3-11(14)9-10-18-15(20)19-13-7-5-12(17)6-8-13/h1-8H,9-10H2,(H2,18,19,20). The number of nitrogens with one attached hydrogen (secondary N) is 2. The average Bonchev–Trinajstić information content (AvgIpc) is 2.43. The van der Waals surface area contributed by atoms with Crippen molar-refractivity contribution in [1.29, 1.82) is 0 Å². The number of amides is 2. The molecule has 2 aromatic carbocycles. The molecule has 0 atom stereocenters. The number of benzene rings is 2. The first-order valence-corrected chi connectivity index (χ1v) is 6.57. The highest BCUT2D eigenvalue weighted by molar-refractivity contribution is 6.31. The van der Waals surface area contributed by atoms with Crippen LogP contribution in [0.15, 0.2) is 48.5 Å². The maximum Gasteiger partial charge on any atom is 0.319 e. The van der Waals surface area contributed by atoms with Gasteiger partial charge in [-0.05, 0) is 42.3 Å². The molecule has 2 rings (SSSR count). The number of hydrogen-bond donors (Lipinski definition) is 2. The minimum absolute atomic E-state index is 0.330. The molecule has 0 aliphatic heterocycles. The fraction of sp³-hybridized carbons (Fsp3) is 0.133. The van der Waals surface area contributed by atoms with Crippen molar-refractivity contribution in [2.24, 2.45) is 0 Å². The molecule has 0 aliphatic carbocycles. The second kappa shape index (κ2) is 6.91. The monoisotopic (exact) mass is 292 g/mol. The Morgan fingerprint density at radius 3 is 2.50 bits per heavy atom. The smallest absolute Gasteiger partial charge is 0.319 e. The van der Waals surface area contributed by atoms with E-state index in [2.05, 4.69) is 10.6 Å². The van der Waals surface area contributed by atoms with Crippen LogP contribution < -0.4 is 10.6 Å². The van der Waals surface area contributed by atoms with Crippen LogP contribution in [0, 0.1) is 5.82 Å². The van der Waals surface area contributed by atoms with Gasteiger partial charge in [0.1, 0.15) is 5.82 Å². The molecule has 2 aromatic rings. The van der Waals surface area contributed by atoms with Gasteiger partial charge in [-0.3, -0.25) is 0 Å². The highest BCUT2D eigenvalue weighted by Gasteiger charge is 2.03. The lowest BCUT2D eigenvalue weighted by Gasteiger charge is -2.08. The molecule has 0 radical (unpaired) electrons. The van der Waals surface area contributed by atoms with Gasteiger partial charge in [0, 0.05) is 17.3 Å². The summed E-state index contributed by atoms with van der Waals surface area (Å²) in [6.45, 7) is 0.469. The molecule has 0 unspecified atom stereocenters. The zero-order valence-corrected chi connectivity index (χ0v) is 11.5. The Morgan fingerprint density at radius 1 is 1.10 bits per heavy atom. The molecule has 2 N–H and O–H groups in total. The van der Waals surface area contributed by atoms with Crippen LogP contribution in [0.1, 0.15) is 5.56 Å². The summed E-state index contributed by atoms with van der Waals surface area (Å²) in [5, 5.41) is 6.03. The molecular weight excluding hydrogens is 279 g/mol. The van der Waals surface area contributed by atoms with E-state index in [1.165, 1.54) is 24.3 Å². The van der Waals surface area contributed by atoms with E-state index in [0.717, 1.165) is 5.56 Å². The first-order valence-electron chi connectivity index (χ1n) is 6.19. The Morgan fingerprint density at radius 2 is 1.80 bits per heavy atom. The first-order chi connectivity index (χ1) is 9.65. The normalized spacial score (nSPS) is 10.1. The van der Waals surface area contributed by atoms with Crippen LogP contribution in [0.4, 0.5) is 14.9 Å². The highest BCUT2D eigenvalue weighted by atomic mass is 35.5. The predicted molar refractivity (Wildman–Crippen MR) is 78.6 cm³/mol. The van der Waals surface area contributed by atoms with E-state index in [4.69, 9.17) is 11.6 Å². The second-order valence-electron chi connectivity index (χ2n) is 4.23. The number of anilines is 1. The van der Waals surface area contributed by atoms with E-state index in [-0.39, 0.29) is 11.8 Å². The summed E-state index contributed by atoms with van der Waals surface area (Å²) in [6.07, 6.45) is 0.649. The van der Waals surface area contributed by atoms with E-state index in [1.54, 1.807) is 0 Å². The van der Waals surface area contributed by atoms with Gasteiger partial charge in [0.2, 0.25) is 0 Å². The van der Waals surface area contributed by atoms with E-state index < -0.39 is 0 Å². The van der Waals surface area contributed by atoms with Crippen LogP contribution in [0.3, 0.4) is 0 Å². The van der Waals surface area contributed by atoms with Crippen LogP contribution in [-0.2, 0) is 6.42 Å². The Labute approximate surface area is 121 Å². The van der Waals surface area contributed by atoms with Gasteiger partial charge in [0.05, 0.1) is 0 Å². The summed E-state index contributed by atoms with van der Waals surface area (Å²) in [7, 11) is 0. The van der Waals surface area contributed by atoms with Crippen molar-refractivity contribution in [1.82, 2.24) is 5.32 Å². The summed E-state index contributed by atoms with van der Waals surface area (Å²) in [5.74, 6) is -0.338. The summed E-state index contributed by atoms with van der Waals surface area (Å²) in [6, 6.07) is 12.8. The topological polar surface area (TPSA) is 41.1 Å². The summed E-state index contributed by atoms with van der Waals surface area (Å²) in [5.41, 5.74) is 1.53. The van der Waals surface area contributed by atoms with Crippen LogP contribution in [-0.4, -0.2) is 12.6 Å². The summed E-state index contributed by atoms with van der Waals surface area (Å²) >= 11 is 6.02. The molecule has 20 heavy (non-hydrogen) atoms. The van der Waals surface area contributed by atoms with Crippen molar-refractivity contribution in [3.63, 3.8) is 0 Å². The van der Waals surface area contributed by atoms with Crippen molar-refractivity contribution in [2.75, 3.05) is 11.9 Å². The van der Waals surface area contributed by atoms with Gasteiger partial charge in [-0.1, -0.05) is 29.8 Å². The summed E-state index contributed by atoms with van der Waals surface area (Å²) < 4.78 is 12.7. The molecular formula is C15H14ClFN2O. The van der Waals surface area contributed by atoms with Crippen LogP contribution in [0.25, 0.3) is 0 Å². The molecule has 0 spiro atoms. The number of halogens is 2. The van der Waals surface area contributed by atoms with Gasteiger partial charge < -0.3 is 10.6 Å². The maximum absolute atomic E-state index is 12.7. The Hall–Kier alpha value is -2.07. The average molecular weight is 293 g/mol. The zero-order valence-electron chi connectivity index (χ0n) is 10.7. The number of carbonyl (C=O) groups excluding carboxylic acids is 1. The highest BCUT2D eigenvalue weighted by Crippen LogP contribution is 2.14. The van der Waals surface area contributed by atoms with Crippen LogP contribution in [0.5, 0.6) is 0 Å². The molecule has 0 saturated carbocycles. The fourth-order valence-electron chi connectivity index (χ4n) is 1.72. The number of rotatable bonds is 4. The molecule has 0 aromatic heterocycles. The van der Waals surface area contributed by atoms with E-state index in [9.17, 15) is 9.18 Å². The van der Waals surface area contributed by atoms with Gasteiger partial charge in [-0.25, -0.2) is 9.18 Å². The number of urea groups is 1. The minimum atomic E-state index is -0.338. The quantitative estimate of drug-likeness (QED) is 0.883. The third-order valence-corrected chi connectivity index (χ3v) is 3.11. The van der Waals surface area contributed by atoms with Gasteiger partial charge >= 0.3 is 6.03 Å². The molecule has 0 bridgehead atoms. The van der Waals surface area contributed by atoms with Gasteiger partial charge in [-0.15, -0.1) is 0 Å². The molecule has 0 saturated heterocycles. The minimum Gasteiger partial charge on any atom is -0.338 e. The number of carbonyl (C=O) groups is 1. The zero-order chi connectivity index (χ0) is 14.4. The van der Waals surface area contributed by atoms with Crippen molar-refractivity contribution in [3.05, 3.63) is 64.9 Å². The van der Waals surface area contributed by atoms with Gasteiger partial charge in [0.25, 0.3) is 0 Å². The third-order valence-electron chi connectivity index (χ3n) is 2.74. The van der Waals surface area contributed by atoms with Crippen molar-refractivity contribution >= 4 is 23.3 Å². The van der Waals surface area contributed by atoms with E-state index >= 15 is 0 Å². The lowest BCUT2D eigenvalue weighted by molar-refractivity contribution is 0.252. The summed E-state index contributed by atoms with van der Waals surface area (Å²) in [4.78, 5) is 11.6. The van der Waals surface area contributed by atoms with Crippen molar-refractivity contribution in [3.8, 4) is 0 Å². The molecule has 104 valence electrons. The molecule has 2 amide bonds. The van der Waals surface area contributed by atoms with Crippen LogP contribution in [0.2, 0.25) is 5.02 Å². The Bertz CT molecular complexity index is 587. The lowest BCUT2D eigenvalue weighted by Crippen LogP contribution is -2.30. The van der Waals surface area contributed by atoms with Gasteiger partial charge in [0.15, 0.2) is 0 Å². The van der Waals surface area contributed by atoms with Gasteiger partial charge in [-0.2, -0.15) is 0 Å². The molecule has 3 nitrogen and oxygen atoms in total. The Balaban J connectivity index is 1.78. The predicted octanol–water partition coefficient (Wildman–Crippen LogP) is 3.84. The third kappa shape index (κ3) is 4.24. The van der Waals surface area contributed by atoms with Crippen LogP contribution >= 0.6 is 11.6 Å².